The zero-order valence-corrected chi connectivity index (χ0v) is 17.9. The maximum Gasteiger partial charge on any atom is 0.409 e. The van der Waals surface area contributed by atoms with Crippen LogP contribution in [0.4, 0.5) is 4.79 Å². The fourth-order valence-electron chi connectivity index (χ4n) is 3.19. The summed E-state index contributed by atoms with van der Waals surface area (Å²) in [5.41, 5.74) is 2.09. The van der Waals surface area contributed by atoms with E-state index in [1.54, 1.807) is 16.2 Å². The van der Waals surface area contributed by atoms with Gasteiger partial charge in [0, 0.05) is 36.6 Å². The number of piperidine rings is 1. The van der Waals surface area contributed by atoms with E-state index in [4.69, 9.17) is 14.7 Å². The molecule has 1 aromatic heterocycles. The van der Waals surface area contributed by atoms with Crippen molar-refractivity contribution in [2.24, 2.45) is 4.99 Å². The minimum atomic E-state index is -0.218. The second-order valence-corrected chi connectivity index (χ2v) is 7.67. The lowest BCUT2D eigenvalue weighted by atomic mass is 10.1. The van der Waals surface area contributed by atoms with Crippen LogP contribution in [-0.2, 0) is 11.3 Å². The van der Waals surface area contributed by atoms with E-state index in [1.807, 2.05) is 25.1 Å². The highest BCUT2D eigenvalue weighted by Crippen LogP contribution is 2.23. The number of amides is 1. The van der Waals surface area contributed by atoms with E-state index < -0.39 is 0 Å². The van der Waals surface area contributed by atoms with Crippen molar-refractivity contribution in [1.29, 1.82) is 0 Å². The lowest BCUT2D eigenvalue weighted by molar-refractivity contribution is 0.0963. The van der Waals surface area contributed by atoms with Gasteiger partial charge in [-0.25, -0.2) is 14.8 Å². The Hall–Kier alpha value is -2.61. The quantitative estimate of drug-likeness (QED) is 0.558. The first-order valence-electron chi connectivity index (χ1n) is 10.2. The highest BCUT2D eigenvalue weighted by molar-refractivity contribution is 7.13. The third-order valence-electron chi connectivity index (χ3n) is 4.68. The number of carbonyl (C=O) groups is 1. The molecule has 2 aromatic rings. The molecule has 1 amide bonds. The number of nitrogens with zero attached hydrogens (tertiary/aromatic N) is 3. The van der Waals surface area contributed by atoms with Gasteiger partial charge in [-0.2, -0.15) is 0 Å². The van der Waals surface area contributed by atoms with Crippen LogP contribution in [0.3, 0.4) is 0 Å². The Morgan fingerprint density at radius 3 is 2.72 bits per heavy atom. The summed E-state index contributed by atoms with van der Waals surface area (Å²) < 4.78 is 5.08. The van der Waals surface area contributed by atoms with Crippen LogP contribution in [0.15, 0.2) is 40.7 Å². The molecule has 1 saturated heterocycles. The molecule has 0 saturated carbocycles. The number of thiazole rings is 1. The first-order chi connectivity index (χ1) is 14.2. The Balaban J connectivity index is 1.54. The number of rotatable bonds is 6. The molecule has 0 bridgehead atoms. The Kier molecular flexibility index (Phi) is 7.86. The van der Waals surface area contributed by atoms with Crippen molar-refractivity contribution in [2.75, 3.05) is 26.2 Å². The maximum absolute atomic E-state index is 11.8. The standard InChI is InChI=1S/C21H29N5O2S/c1-3-22-20(25-17-10-12-26(13-11-17)21(27)28-4-2)23-14-18-15-29-19(24-18)16-8-6-5-7-9-16/h5-9,15,17H,3-4,10-14H2,1-2H3,(H2,22,23,25). The van der Waals surface area contributed by atoms with Crippen LogP contribution in [0, 0.1) is 0 Å². The van der Waals surface area contributed by atoms with Crippen molar-refractivity contribution >= 4 is 23.4 Å². The number of hydrogen-bond donors (Lipinski definition) is 2. The fraction of sp³-hybridized carbons (Fsp3) is 0.476. The minimum absolute atomic E-state index is 0.218. The van der Waals surface area contributed by atoms with Gasteiger partial charge in [0.25, 0.3) is 0 Å². The Morgan fingerprint density at radius 2 is 2.03 bits per heavy atom. The van der Waals surface area contributed by atoms with Crippen LogP contribution < -0.4 is 10.6 Å². The lowest BCUT2D eigenvalue weighted by Gasteiger charge is -2.32. The molecule has 1 aromatic carbocycles. The summed E-state index contributed by atoms with van der Waals surface area (Å²) in [5.74, 6) is 0.788. The number of hydrogen-bond acceptors (Lipinski definition) is 5. The Labute approximate surface area is 176 Å². The first kappa shape index (κ1) is 21.1. The molecule has 1 aliphatic heterocycles. The lowest BCUT2D eigenvalue weighted by Crippen LogP contribution is -2.49. The van der Waals surface area contributed by atoms with Gasteiger partial charge < -0.3 is 20.3 Å². The molecule has 0 radical (unpaired) electrons. The van der Waals surface area contributed by atoms with Gasteiger partial charge in [0.05, 0.1) is 18.8 Å². The molecule has 7 nitrogen and oxygen atoms in total. The van der Waals surface area contributed by atoms with Crippen LogP contribution in [-0.4, -0.2) is 54.2 Å². The summed E-state index contributed by atoms with van der Waals surface area (Å²) in [6, 6.07) is 10.5. The SMILES string of the molecule is CCNC(=NCc1csc(-c2ccccc2)n1)NC1CCN(C(=O)OCC)CC1. The van der Waals surface area contributed by atoms with Gasteiger partial charge in [0.1, 0.15) is 5.01 Å². The summed E-state index contributed by atoms with van der Waals surface area (Å²) in [7, 11) is 0. The van der Waals surface area contributed by atoms with Crippen LogP contribution in [0.2, 0.25) is 0 Å². The molecule has 0 unspecified atom stereocenters. The van der Waals surface area contributed by atoms with Crippen molar-refractivity contribution < 1.29 is 9.53 Å². The van der Waals surface area contributed by atoms with E-state index in [1.165, 1.54) is 0 Å². The van der Waals surface area contributed by atoms with Crippen molar-refractivity contribution in [3.63, 3.8) is 0 Å². The summed E-state index contributed by atoms with van der Waals surface area (Å²) in [5, 5.41) is 9.87. The van der Waals surface area contributed by atoms with E-state index in [-0.39, 0.29) is 12.1 Å². The summed E-state index contributed by atoms with van der Waals surface area (Å²) in [4.78, 5) is 23.0. The van der Waals surface area contributed by atoms with Gasteiger partial charge in [-0.1, -0.05) is 30.3 Å². The van der Waals surface area contributed by atoms with E-state index in [9.17, 15) is 4.79 Å². The van der Waals surface area contributed by atoms with E-state index in [2.05, 4.69) is 35.1 Å². The summed E-state index contributed by atoms with van der Waals surface area (Å²) >= 11 is 1.64. The average molecular weight is 416 g/mol. The molecular formula is C21H29N5O2S. The smallest absolute Gasteiger partial charge is 0.409 e. The van der Waals surface area contributed by atoms with Crippen molar-refractivity contribution in [3.8, 4) is 10.6 Å². The molecule has 2 N–H and O–H groups in total. The van der Waals surface area contributed by atoms with Crippen LogP contribution >= 0.6 is 11.3 Å². The zero-order valence-electron chi connectivity index (χ0n) is 17.1. The molecule has 2 heterocycles. The van der Waals surface area contributed by atoms with Gasteiger partial charge >= 0.3 is 6.09 Å². The molecule has 156 valence electrons. The van der Waals surface area contributed by atoms with E-state index >= 15 is 0 Å². The molecule has 8 heteroatoms. The van der Waals surface area contributed by atoms with Crippen LogP contribution in [0.1, 0.15) is 32.4 Å². The fourth-order valence-corrected chi connectivity index (χ4v) is 4.00. The average Bonchev–Trinajstić information content (AvgIpc) is 3.23. The van der Waals surface area contributed by atoms with E-state index in [0.717, 1.165) is 41.6 Å². The second-order valence-electron chi connectivity index (χ2n) is 6.81. The molecular weight excluding hydrogens is 386 g/mol. The molecule has 1 fully saturated rings. The van der Waals surface area contributed by atoms with E-state index in [0.29, 0.717) is 26.2 Å². The Bertz CT molecular complexity index is 800. The van der Waals surface area contributed by atoms with Crippen LogP contribution in [0.5, 0.6) is 0 Å². The molecule has 1 aliphatic rings. The number of aliphatic imine (C=N–C) groups is 1. The first-order valence-corrected chi connectivity index (χ1v) is 11.0. The van der Waals surface area contributed by atoms with Gasteiger partial charge in [-0.15, -0.1) is 11.3 Å². The molecule has 29 heavy (non-hydrogen) atoms. The van der Waals surface area contributed by atoms with Crippen molar-refractivity contribution in [3.05, 3.63) is 41.4 Å². The molecule has 0 spiro atoms. The monoisotopic (exact) mass is 415 g/mol. The number of likely N-dealkylation sites (tertiary alicyclic amines) is 1. The van der Waals surface area contributed by atoms with Gasteiger partial charge in [-0.05, 0) is 26.7 Å². The minimum Gasteiger partial charge on any atom is -0.450 e. The largest absolute Gasteiger partial charge is 0.450 e. The predicted octanol–water partition coefficient (Wildman–Crippen LogP) is 3.49. The Morgan fingerprint density at radius 1 is 1.28 bits per heavy atom. The van der Waals surface area contributed by atoms with Crippen LogP contribution in [0.25, 0.3) is 10.6 Å². The molecule has 0 aliphatic carbocycles. The third-order valence-corrected chi connectivity index (χ3v) is 5.62. The van der Waals surface area contributed by atoms with Crippen molar-refractivity contribution in [2.45, 2.75) is 39.3 Å². The highest BCUT2D eigenvalue weighted by Gasteiger charge is 2.24. The number of aromatic nitrogens is 1. The van der Waals surface area contributed by atoms with Gasteiger partial charge in [0.2, 0.25) is 0 Å². The molecule has 0 atom stereocenters. The number of ether oxygens (including phenoxy) is 1. The summed E-state index contributed by atoms with van der Waals surface area (Å²) in [6.45, 7) is 7.01. The zero-order chi connectivity index (χ0) is 20.5. The maximum atomic E-state index is 11.8. The molecule has 3 rings (SSSR count). The third kappa shape index (κ3) is 6.19. The predicted molar refractivity (Wildman–Crippen MR) is 117 cm³/mol. The summed E-state index contributed by atoms with van der Waals surface area (Å²) in [6.07, 6.45) is 1.53. The number of guanidine groups is 1. The normalized spacial score (nSPS) is 15.2. The number of nitrogens with one attached hydrogen (secondary N) is 2. The second kappa shape index (κ2) is 10.8. The number of carbonyl (C=O) groups excluding carboxylic acids is 1. The van der Waals surface area contributed by atoms with Gasteiger partial charge in [0.15, 0.2) is 5.96 Å². The van der Waals surface area contributed by atoms with Gasteiger partial charge in [-0.3, -0.25) is 0 Å². The topological polar surface area (TPSA) is 78.9 Å². The highest BCUT2D eigenvalue weighted by atomic mass is 32.1. The van der Waals surface area contributed by atoms with Crippen molar-refractivity contribution in [1.82, 2.24) is 20.5 Å². The number of benzene rings is 1.